The highest BCUT2D eigenvalue weighted by Gasteiger charge is 2.32. The second-order valence-corrected chi connectivity index (χ2v) is 8.36. The minimum absolute atomic E-state index is 0.158. The summed E-state index contributed by atoms with van der Waals surface area (Å²) >= 11 is 0. The van der Waals surface area contributed by atoms with E-state index >= 15 is 0 Å². The standard InChI is InChI=1S/C21H26/c1-20(2,3)17-12-11-15-13-14-9-7-8-10-16(14)18(15)19(17)21(4,5)6/h7-12H,13H2,1-6H3. The van der Waals surface area contributed by atoms with Crippen molar-refractivity contribution >= 4 is 0 Å². The summed E-state index contributed by atoms with van der Waals surface area (Å²) in [5, 5.41) is 0. The second-order valence-electron chi connectivity index (χ2n) is 8.36. The molecule has 1 aliphatic carbocycles. The van der Waals surface area contributed by atoms with E-state index in [0.29, 0.717) is 0 Å². The van der Waals surface area contributed by atoms with Gasteiger partial charge in [0.25, 0.3) is 0 Å². The van der Waals surface area contributed by atoms with Gasteiger partial charge in [-0.1, -0.05) is 77.9 Å². The Labute approximate surface area is 129 Å². The topological polar surface area (TPSA) is 0 Å². The first-order valence-electron chi connectivity index (χ1n) is 7.95. The van der Waals surface area contributed by atoms with Crippen molar-refractivity contribution in [3.05, 3.63) is 58.7 Å². The van der Waals surface area contributed by atoms with E-state index in [0.717, 1.165) is 6.42 Å². The molecule has 0 bridgehead atoms. The molecule has 0 heterocycles. The zero-order valence-electron chi connectivity index (χ0n) is 14.2. The summed E-state index contributed by atoms with van der Waals surface area (Å²) in [5.41, 5.74) is 9.29. The van der Waals surface area contributed by atoms with E-state index < -0.39 is 0 Å². The third-order valence-corrected chi connectivity index (χ3v) is 4.52. The minimum Gasteiger partial charge on any atom is -0.0619 e. The number of benzene rings is 2. The van der Waals surface area contributed by atoms with Crippen LogP contribution in [-0.2, 0) is 17.3 Å². The van der Waals surface area contributed by atoms with Gasteiger partial charge in [0, 0.05) is 0 Å². The van der Waals surface area contributed by atoms with Gasteiger partial charge in [-0.25, -0.2) is 0 Å². The molecule has 2 aromatic carbocycles. The van der Waals surface area contributed by atoms with Gasteiger partial charge in [0.15, 0.2) is 0 Å². The van der Waals surface area contributed by atoms with Crippen molar-refractivity contribution in [3.63, 3.8) is 0 Å². The Bertz CT molecular complexity index is 691. The van der Waals surface area contributed by atoms with Crippen LogP contribution in [0.4, 0.5) is 0 Å². The molecule has 110 valence electrons. The number of rotatable bonds is 0. The fraction of sp³-hybridized carbons (Fsp3) is 0.429. The molecule has 0 unspecified atom stereocenters. The average molecular weight is 278 g/mol. The van der Waals surface area contributed by atoms with E-state index in [1.54, 1.807) is 0 Å². The summed E-state index contributed by atoms with van der Waals surface area (Å²) in [4.78, 5) is 0. The Morgan fingerprint density at radius 3 is 2.00 bits per heavy atom. The van der Waals surface area contributed by atoms with Gasteiger partial charge in [0.2, 0.25) is 0 Å². The highest BCUT2D eigenvalue weighted by Crippen LogP contribution is 2.46. The maximum Gasteiger partial charge on any atom is -0.00133 e. The lowest BCUT2D eigenvalue weighted by atomic mass is 9.72. The summed E-state index contributed by atoms with van der Waals surface area (Å²) in [5.74, 6) is 0. The molecule has 0 N–H and O–H groups in total. The first-order valence-corrected chi connectivity index (χ1v) is 7.95. The van der Waals surface area contributed by atoms with Crippen LogP contribution in [0.3, 0.4) is 0 Å². The molecule has 0 aliphatic heterocycles. The van der Waals surface area contributed by atoms with E-state index in [9.17, 15) is 0 Å². The minimum atomic E-state index is 0.158. The molecular formula is C21H26. The number of fused-ring (bicyclic) bond motifs is 3. The molecule has 0 aromatic heterocycles. The van der Waals surface area contributed by atoms with Gasteiger partial charge in [0.05, 0.1) is 0 Å². The molecule has 0 saturated carbocycles. The summed E-state index contributed by atoms with van der Waals surface area (Å²) in [7, 11) is 0. The molecule has 0 radical (unpaired) electrons. The molecule has 0 saturated heterocycles. The highest BCUT2D eigenvalue weighted by molar-refractivity contribution is 5.81. The molecular weight excluding hydrogens is 252 g/mol. The van der Waals surface area contributed by atoms with Gasteiger partial charge in [-0.3, -0.25) is 0 Å². The first-order chi connectivity index (χ1) is 9.69. The number of hydrogen-bond donors (Lipinski definition) is 0. The largest absolute Gasteiger partial charge is 0.0619 e. The lowest BCUT2D eigenvalue weighted by Gasteiger charge is -2.32. The normalized spacial score (nSPS) is 14.0. The van der Waals surface area contributed by atoms with Crippen LogP contribution in [0.2, 0.25) is 0 Å². The van der Waals surface area contributed by atoms with Crippen molar-refractivity contribution in [3.8, 4) is 11.1 Å². The van der Waals surface area contributed by atoms with Gasteiger partial charge < -0.3 is 0 Å². The predicted molar refractivity (Wildman–Crippen MR) is 92.1 cm³/mol. The Kier molecular flexibility index (Phi) is 3.06. The average Bonchev–Trinajstić information content (AvgIpc) is 2.73. The second kappa shape index (κ2) is 4.47. The molecule has 21 heavy (non-hydrogen) atoms. The van der Waals surface area contributed by atoms with Gasteiger partial charge in [-0.15, -0.1) is 0 Å². The predicted octanol–water partition coefficient (Wildman–Crippen LogP) is 5.85. The lowest BCUT2D eigenvalue weighted by Crippen LogP contribution is -2.23. The molecule has 3 rings (SSSR count). The van der Waals surface area contributed by atoms with E-state index in [4.69, 9.17) is 0 Å². The highest BCUT2D eigenvalue weighted by atomic mass is 14.4. The van der Waals surface area contributed by atoms with Crippen molar-refractivity contribution in [2.45, 2.75) is 58.8 Å². The summed E-state index contributed by atoms with van der Waals surface area (Å²) in [6.07, 6.45) is 1.08. The zero-order valence-corrected chi connectivity index (χ0v) is 14.2. The molecule has 1 aliphatic rings. The maximum absolute atomic E-state index is 2.37. The zero-order chi connectivity index (χ0) is 15.4. The molecule has 0 fully saturated rings. The van der Waals surface area contributed by atoms with Crippen LogP contribution in [0.25, 0.3) is 11.1 Å². The first kappa shape index (κ1) is 14.4. The van der Waals surface area contributed by atoms with Crippen LogP contribution in [0, 0.1) is 0 Å². The monoisotopic (exact) mass is 278 g/mol. The Hall–Kier alpha value is -1.56. The van der Waals surface area contributed by atoms with E-state index in [1.807, 2.05) is 0 Å². The molecule has 0 atom stereocenters. The van der Waals surface area contributed by atoms with E-state index in [2.05, 4.69) is 77.9 Å². The van der Waals surface area contributed by atoms with Gasteiger partial charge in [-0.05, 0) is 50.6 Å². The van der Waals surface area contributed by atoms with Crippen molar-refractivity contribution in [2.24, 2.45) is 0 Å². The van der Waals surface area contributed by atoms with Crippen LogP contribution >= 0.6 is 0 Å². The Balaban J connectivity index is 2.38. The molecule has 2 aromatic rings. The van der Waals surface area contributed by atoms with Crippen molar-refractivity contribution in [1.82, 2.24) is 0 Å². The maximum atomic E-state index is 2.37. The smallest absolute Gasteiger partial charge is 0.00133 e. The van der Waals surface area contributed by atoms with Gasteiger partial charge in [-0.2, -0.15) is 0 Å². The molecule has 0 amide bonds. The van der Waals surface area contributed by atoms with Crippen LogP contribution in [-0.4, -0.2) is 0 Å². The SMILES string of the molecule is CC(C)(C)c1ccc2c(c1C(C)(C)C)-c1ccccc1C2. The Morgan fingerprint density at radius 2 is 1.38 bits per heavy atom. The van der Waals surface area contributed by atoms with E-state index in [-0.39, 0.29) is 10.8 Å². The quantitative estimate of drug-likeness (QED) is 0.483. The van der Waals surface area contributed by atoms with E-state index in [1.165, 1.54) is 33.4 Å². The Morgan fingerprint density at radius 1 is 0.714 bits per heavy atom. The number of hydrogen-bond acceptors (Lipinski definition) is 0. The van der Waals surface area contributed by atoms with Crippen LogP contribution in [0.5, 0.6) is 0 Å². The van der Waals surface area contributed by atoms with Crippen molar-refractivity contribution in [2.75, 3.05) is 0 Å². The third-order valence-electron chi connectivity index (χ3n) is 4.52. The van der Waals surface area contributed by atoms with Crippen LogP contribution in [0.15, 0.2) is 36.4 Å². The fourth-order valence-electron chi connectivity index (χ4n) is 3.63. The fourth-order valence-corrected chi connectivity index (χ4v) is 3.63. The van der Waals surface area contributed by atoms with Gasteiger partial charge >= 0.3 is 0 Å². The summed E-state index contributed by atoms with van der Waals surface area (Å²) in [6, 6.07) is 13.6. The summed E-state index contributed by atoms with van der Waals surface area (Å²) in [6.45, 7) is 14.0. The van der Waals surface area contributed by atoms with Crippen LogP contribution in [0.1, 0.15) is 63.8 Å². The molecule has 0 spiro atoms. The third kappa shape index (κ3) is 2.31. The van der Waals surface area contributed by atoms with Gasteiger partial charge in [0.1, 0.15) is 0 Å². The van der Waals surface area contributed by atoms with Crippen LogP contribution < -0.4 is 0 Å². The molecule has 0 nitrogen and oxygen atoms in total. The molecule has 0 heteroatoms. The van der Waals surface area contributed by atoms with Crippen molar-refractivity contribution in [1.29, 1.82) is 0 Å². The van der Waals surface area contributed by atoms with Crippen molar-refractivity contribution < 1.29 is 0 Å². The lowest BCUT2D eigenvalue weighted by molar-refractivity contribution is 0.531. The summed E-state index contributed by atoms with van der Waals surface area (Å²) < 4.78 is 0.